The Balaban J connectivity index is 0.00000280. The zero-order valence-corrected chi connectivity index (χ0v) is 19.1. The van der Waals surface area contributed by atoms with E-state index in [1.54, 1.807) is 7.05 Å². The van der Waals surface area contributed by atoms with Crippen LogP contribution in [0.15, 0.2) is 59.7 Å². The molecule has 0 bridgehead atoms. The van der Waals surface area contributed by atoms with Crippen LogP contribution in [-0.2, 0) is 13.1 Å². The van der Waals surface area contributed by atoms with Crippen molar-refractivity contribution in [3.8, 4) is 0 Å². The van der Waals surface area contributed by atoms with Crippen LogP contribution in [0, 0.1) is 0 Å². The topological polar surface area (TPSA) is 57.5 Å². The van der Waals surface area contributed by atoms with Crippen LogP contribution in [0.25, 0.3) is 10.9 Å². The minimum Gasteiger partial charge on any atom is -0.363 e. The van der Waals surface area contributed by atoms with Gasteiger partial charge in [-0.25, -0.2) is 4.98 Å². The quantitative estimate of drug-likeness (QED) is 0.230. The summed E-state index contributed by atoms with van der Waals surface area (Å²) in [5, 5.41) is 7.99. The number of aromatic nitrogens is 2. The van der Waals surface area contributed by atoms with Crippen molar-refractivity contribution < 1.29 is 0 Å². The normalized spacial score (nSPS) is 11.2. The molecule has 28 heavy (non-hydrogen) atoms. The third-order valence-corrected chi connectivity index (χ3v) is 4.46. The lowest BCUT2D eigenvalue weighted by Crippen LogP contribution is -2.37. The third kappa shape index (κ3) is 5.85. The molecule has 2 heterocycles. The molecule has 0 radical (unpaired) electrons. The van der Waals surface area contributed by atoms with Gasteiger partial charge in [-0.2, -0.15) is 0 Å². The van der Waals surface area contributed by atoms with Crippen LogP contribution >= 0.6 is 24.0 Å². The minimum absolute atomic E-state index is 0. The number of hydrogen-bond donors (Lipinski definition) is 2. The second kappa shape index (κ2) is 10.9. The van der Waals surface area contributed by atoms with Crippen molar-refractivity contribution in [2.45, 2.75) is 19.5 Å². The fourth-order valence-corrected chi connectivity index (χ4v) is 3.00. The number of nitrogens with zero attached hydrogens (tertiary/aromatic N) is 4. The third-order valence-electron chi connectivity index (χ3n) is 4.46. The van der Waals surface area contributed by atoms with Crippen molar-refractivity contribution in [1.29, 1.82) is 0 Å². The molecule has 0 aliphatic carbocycles. The predicted molar refractivity (Wildman–Crippen MR) is 129 cm³/mol. The highest BCUT2D eigenvalue weighted by Gasteiger charge is 2.03. The molecule has 0 saturated carbocycles. The van der Waals surface area contributed by atoms with E-state index in [9.17, 15) is 0 Å². The number of aryl methyl sites for hydroxylation is 1. The number of fused-ring (bicyclic) bond motifs is 1. The fraction of sp³-hybridized carbons (Fsp3) is 0.333. The van der Waals surface area contributed by atoms with Crippen LogP contribution in [-0.4, -0.2) is 43.2 Å². The SMILES string of the molecule is CN=C(NCCCn1ccc2ccccc21)NCc1cccc(N(C)C)n1.I. The van der Waals surface area contributed by atoms with Gasteiger partial charge in [0.15, 0.2) is 5.96 Å². The van der Waals surface area contributed by atoms with Crippen molar-refractivity contribution in [2.75, 3.05) is 32.6 Å². The summed E-state index contributed by atoms with van der Waals surface area (Å²) in [5.41, 5.74) is 2.27. The lowest BCUT2D eigenvalue weighted by Gasteiger charge is -2.14. The van der Waals surface area contributed by atoms with E-state index in [-0.39, 0.29) is 24.0 Å². The predicted octanol–water partition coefficient (Wildman–Crippen LogP) is 3.48. The molecule has 0 saturated heterocycles. The highest BCUT2D eigenvalue weighted by atomic mass is 127. The molecule has 0 atom stereocenters. The minimum atomic E-state index is 0. The van der Waals surface area contributed by atoms with Gasteiger partial charge in [-0.05, 0) is 36.1 Å². The van der Waals surface area contributed by atoms with E-state index in [4.69, 9.17) is 0 Å². The Labute approximate surface area is 184 Å². The summed E-state index contributed by atoms with van der Waals surface area (Å²) >= 11 is 0. The molecule has 6 nitrogen and oxygen atoms in total. The number of nitrogens with one attached hydrogen (secondary N) is 2. The van der Waals surface area contributed by atoms with E-state index in [2.05, 4.69) is 61.7 Å². The maximum absolute atomic E-state index is 4.61. The average Bonchev–Trinajstić information content (AvgIpc) is 3.11. The molecule has 150 valence electrons. The Morgan fingerprint density at radius 2 is 1.89 bits per heavy atom. The van der Waals surface area contributed by atoms with E-state index in [1.807, 2.05) is 37.2 Å². The van der Waals surface area contributed by atoms with E-state index >= 15 is 0 Å². The summed E-state index contributed by atoms with van der Waals surface area (Å²) in [5.74, 6) is 1.75. The number of pyridine rings is 1. The first-order chi connectivity index (χ1) is 13.2. The lowest BCUT2D eigenvalue weighted by molar-refractivity contribution is 0.640. The monoisotopic (exact) mass is 492 g/mol. The second-order valence-electron chi connectivity index (χ2n) is 6.66. The molecule has 3 rings (SSSR count). The van der Waals surface area contributed by atoms with Crippen LogP contribution in [0.5, 0.6) is 0 Å². The van der Waals surface area contributed by atoms with Gasteiger partial charge in [0.1, 0.15) is 5.82 Å². The van der Waals surface area contributed by atoms with Gasteiger partial charge in [-0.15, -0.1) is 24.0 Å². The first-order valence-corrected chi connectivity index (χ1v) is 9.29. The van der Waals surface area contributed by atoms with Gasteiger partial charge in [0, 0.05) is 45.9 Å². The largest absolute Gasteiger partial charge is 0.363 e. The number of benzene rings is 1. The van der Waals surface area contributed by atoms with E-state index < -0.39 is 0 Å². The molecule has 2 N–H and O–H groups in total. The molecule has 0 fully saturated rings. The van der Waals surface area contributed by atoms with Crippen LogP contribution in [0.1, 0.15) is 12.1 Å². The summed E-state index contributed by atoms with van der Waals surface area (Å²) in [6.45, 7) is 2.48. The Morgan fingerprint density at radius 3 is 2.68 bits per heavy atom. The Morgan fingerprint density at radius 1 is 1.07 bits per heavy atom. The zero-order valence-electron chi connectivity index (χ0n) is 16.7. The second-order valence-corrected chi connectivity index (χ2v) is 6.66. The van der Waals surface area contributed by atoms with E-state index in [0.717, 1.165) is 37.0 Å². The molecule has 0 aliphatic heterocycles. The number of rotatable bonds is 7. The molecule has 0 aliphatic rings. The summed E-state index contributed by atoms with van der Waals surface area (Å²) in [6, 6.07) is 16.7. The summed E-state index contributed by atoms with van der Waals surface area (Å²) < 4.78 is 2.30. The number of para-hydroxylation sites is 1. The highest BCUT2D eigenvalue weighted by Crippen LogP contribution is 2.15. The molecule has 0 unspecified atom stereocenters. The van der Waals surface area contributed by atoms with Crippen molar-refractivity contribution in [3.63, 3.8) is 0 Å². The van der Waals surface area contributed by atoms with Crippen LogP contribution in [0.4, 0.5) is 5.82 Å². The molecular formula is C21H29IN6. The van der Waals surface area contributed by atoms with Crippen molar-refractivity contribution in [3.05, 3.63) is 60.4 Å². The Kier molecular flexibility index (Phi) is 8.56. The summed E-state index contributed by atoms with van der Waals surface area (Å²) in [4.78, 5) is 10.9. The first-order valence-electron chi connectivity index (χ1n) is 9.29. The molecule has 2 aromatic heterocycles. The standard InChI is InChI=1S/C21H28N6.HI/c1-22-21(24-16-18-9-6-11-20(25-18)26(2)3)23-13-7-14-27-15-12-17-8-4-5-10-19(17)27;/h4-6,8-12,15H,7,13-14,16H2,1-3H3,(H2,22,23,24);1H. The number of hydrogen-bond acceptors (Lipinski definition) is 3. The highest BCUT2D eigenvalue weighted by molar-refractivity contribution is 14.0. The van der Waals surface area contributed by atoms with Gasteiger partial charge >= 0.3 is 0 Å². The molecule has 0 spiro atoms. The molecule has 0 amide bonds. The van der Waals surface area contributed by atoms with Crippen LogP contribution in [0.2, 0.25) is 0 Å². The van der Waals surface area contributed by atoms with Crippen LogP contribution in [0.3, 0.4) is 0 Å². The molecule has 3 aromatic rings. The van der Waals surface area contributed by atoms with Gasteiger partial charge in [-0.3, -0.25) is 4.99 Å². The maximum Gasteiger partial charge on any atom is 0.191 e. The van der Waals surface area contributed by atoms with Gasteiger partial charge in [0.2, 0.25) is 0 Å². The molecular weight excluding hydrogens is 463 g/mol. The van der Waals surface area contributed by atoms with Crippen molar-refractivity contribution >= 4 is 46.7 Å². The molecule has 1 aromatic carbocycles. The average molecular weight is 492 g/mol. The maximum atomic E-state index is 4.61. The van der Waals surface area contributed by atoms with Crippen molar-refractivity contribution in [1.82, 2.24) is 20.2 Å². The van der Waals surface area contributed by atoms with Gasteiger partial charge in [0.05, 0.1) is 12.2 Å². The van der Waals surface area contributed by atoms with E-state index in [1.165, 1.54) is 10.9 Å². The molecule has 7 heteroatoms. The summed E-state index contributed by atoms with van der Waals surface area (Å²) in [7, 11) is 5.78. The fourth-order valence-electron chi connectivity index (χ4n) is 3.00. The number of aliphatic imine (C=N–C) groups is 1. The smallest absolute Gasteiger partial charge is 0.191 e. The number of halogens is 1. The van der Waals surface area contributed by atoms with Crippen LogP contribution < -0.4 is 15.5 Å². The Bertz CT molecular complexity index is 903. The first kappa shape index (κ1) is 22.0. The number of guanidine groups is 1. The van der Waals surface area contributed by atoms with E-state index in [0.29, 0.717) is 6.54 Å². The Hall–Kier alpha value is -2.29. The lowest BCUT2D eigenvalue weighted by atomic mass is 10.2. The van der Waals surface area contributed by atoms with Gasteiger partial charge in [-0.1, -0.05) is 24.3 Å². The zero-order chi connectivity index (χ0) is 19.1. The van der Waals surface area contributed by atoms with Gasteiger partial charge in [0.25, 0.3) is 0 Å². The summed E-state index contributed by atoms with van der Waals surface area (Å²) in [6.07, 6.45) is 3.18. The van der Waals surface area contributed by atoms with Crippen molar-refractivity contribution in [2.24, 2.45) is 4.99 Å². The van der Waals surface area contributed by atoms with Gasteiger partial charge < -0.3 is 20.1 Å². The number of anilines is 1.